The van der Waals surface area contributed by atoms with Crippen molar-refractivity contribution in [2.75, 3.05) is 13.2 Å². The highest BCUT2D eigenvalue weighted by Crippen LogP contribution is 2.40. The van der Waals surface area contributed by atoms with Gasteiger partial charge in [0.05, 0.1) is 40.9 Å². The van der Waals surface area contributed by atoms with Crippen LogP contribution >= 0.6 is 11.6 Å². The van der Waals surface area contributed by atoms with Gasteiger partial charge in [0.2, 0.25) is 5.88 Å². The van der Waals surface area contributed by atoms with Crippen molar-refractivity contribution >= 4 is 28.6 Å². The van der Waals surface area contributed by atoms with Crippen molar-refractivity contribution in [3.63, 3.8) is 0 Å². The van der Waals surface area contributed by atoms with Crippen molar-refractivity contribution < 1.29 is 33.6 Å². The molecule has 1 aliphatic rings. The van der Waals surface area contributed by atoms with Gasteiger partial charge in [0.15, 0.2) is 0 Å². The Morgan fingerprint density at radius 1 is 1.17 bits per heavy atom. The van der Waals surface area contributed by atoms with Gasteiger partial charge < -0.3 is 25.4 Å². The standard InChI is InChI=1S/C29H25ClF2N4O5/c1-36-26-21(4-5-22(30)24(26)27(37)35-36)20-3-2-19(6-7-29(40)8-10-41-11-9-29)33-25(20)23(34-28(38)39)14-16-12-17(31)15-18(32)13-16/h2-5,12-13,15,23,34,40H,8-11,14H2,1H3,(H,35,37)(H,38,39). The fourth-order valence-electron chi connectivity index (χ4n) is 4.96. The summed E-state index contributed by atoms with van der Waals surface area (Å²) in [5.74, 6) is 3.84. The smallest absolute Gasteiger partial charge is 0.405 e. The van der Waals surface area contributed by atoms with Crippen LogP contribution in [0.4, 0.5) is 13.6 Å². The highest BCUT2D eigenvalue weighted by molar-refractivity contribution is 6.36. The second kappa shape index (κ2) is 11.3. The molecule has 1 atom stereocenters. The van der Waals surface area contributed by atoms with Crippen molar-refractivity contribution in [2.45, 2.75) is 30.9 Å². The number of nitrogens with one attached hydrogen (secondary N) is 1. The number of aryl methyl sites for hydroxylation is 1. The molecule has 0 saturated carbocycles. The molecule has 0 bridgehead atoms. The number of benzene rings is 2. The van der Waals surface area contributed by atoms with E-state index in [2.05, 4.69) is 27.2 Å². The summed E-state index contributed by atoms with van der Waals surface area (Å²) < 4.78 is 34.8. The van der Waals surface area contributed by atoms with Crippen LogP contribution in [0, 0.1) is 23.5 Å². The lowest BCUT2D eigenvalue weighted by molar-refractivity contribution is -0.0262. The topological polar surface area (TPSA) is 130 Å². The molecule has 2 aromatic heterocycles. The molecule has 0 aliphatic carbocycles. The maximum atomic E-state index is 14.0. The predicted molar refractivity (Wildman–Crippen MR) is 146 cm³/mol. The Labute approximate surface area is 238 Å². The van der Waals surface area contributed by atoms with Crippen LogP contribution in [0.3, 0.4) is 0 Å². The van der Waals surface area contributed by atoms with E-state index in [0.29, 0.717) is 42.7 Å². The summed E-state index contributed by atoms with van der Waals surface area (Å²) in [5, 5.41) is 37.9. The molecule has 0 radical (unpaired) electrons. The Hall–Kier alpha value is -4.24. The zero-order valence-electron chi connectivity index (χ0n) is 21.8. The number of carbonyl (C=O) groups is 1. The number of pyridine rings is 1. The Morgan fingerprint density at radius 3 is 2.54 bits per heavy atom. The van der Waals surface area contributed by atoms with Gasteiger partial charge in [-0.25, -0.2) is 18.6 Å². The van der Waals surface area contributed by atoms with Gasteiger partial charge in [-0.1, -0.05) is 23.6 Å². The molecule has 0 spiro atoms. The van der Waals surface area contributed by atoms with Gasteiger partial charge in [0.1, 0.15) is 22.9 Å². The number of rotatable bonds is 5. The number of hydrogen-bond donors (Lipinski definition) is 4. The zero-order valence-corrected chi connectivity index (χ0v) is 22.5. The summed E-state index contributed by atoms with van der Waals surface area (Å²) in [6.45, 7) is 0.726. The SMILES string of the molecule is Cn1nc(O)c2c(Cl)ccc(-c3ccc(C#CC4(O)CCOCC4)nc3C(Cc3cc(F)cc(F)c3)NC(=O)O)c21. The molecule has 1 unspecified atom stereocenters. The van der Waals surface area contributed by atoms with Gasteiger partial charge in [0.25, 0.3) is 0 Å². The molecule has 41 heavy (non-hydrogen) atoms. The average molecular weight is 583 g/mol. The molecule has 1 aliphatic heterocycles. The Bertz CT molecular complexity index is 1690. The number of fused-ring (bicyclic) bond motifs is 1. The molecule has 1 saturated heterocycles. The van der Waals surface area contributed by atoms with Crippen molar-refractivity contribution in [1.82, 2.24) is 20.1 Å². The van der Waals surface area contributed by atoms with Crippen LogP contribution in [0.5, 0.6) is 5.88 Å². The first-order valence-corrected chi connectivity index (χ1v) is 13.0. The minimum atomic E-state index is -1.38. The molecule has 9 nitrogen and oxygen atoms in total. The first kappa shape index (κ1) is 28.3. The van der Waals surface area contributed by atoms with Crippen molar-refractivity contribution in [1.29, 1.82) is 0 Å². The number of halogens is 3. The lowest BCUT2D eigenvalue weighted by atomic mass is 9.93. The van der Waals surface area contributed by atoms with E-state index in [1.807, 2.05) is 0 Å². The van der Waals surface area contributed by atoms with Crippen LogP contribution in [0.1, 0.15) is 35.8 Å². The van der Waals surface area contributed by atoms with Gasteiger partial charge in [0, 0.05) is 37.1 Å². The number of hydrogen-bond acceptors (Lipinski definition) is 6. The lowest BCUT2D eigenvalue weighted by Gasteiger charge is -2.26. The molecule has 12 heteroatoms. The summed E-state index contributed by atoms with van der Waals surface area (Å²) in [4.78, 5) is 16.6. The third-order valence-corrected chi connectivity index (χ3v) is 7.18. The summed E-state index contributed by atoms with van der Waals surface area (Å²) in [6.07, 6.45) is -0.878. The largest absolute Gasteiger partial charge is 0.492 e. The molecule has 2 aromatic carbocycles. The second-order valence-electron chi connectivity index (χ2n) is 9.77. The summed E-state index contributed by atoms with van der Waals surface area (Å²) in [7, 11) is 1.62. The molecule has 212 valence electrons. The number of carboxylic acid groups (broad SMARTS) is 1. The number of aromatic hydroxyl groups is 1. The Balaban J connectivity index is 1.70. The van der Waals surface area contributed by atoms with Crippen LogP contribution in [0.25, 0.3) is 22.0 Å². The monoisotopic (exact) mass is 582 g/mol. The first-order chi connectivity index (χ1) is 19.5. The number of amides is 1. The van der Waals surface area contributed by atoms with E-state index in [0.717, 1.165) is 18.2 Å². The molecule has 5 rings (SSSR count). The highest BCUT2D eigenvalue weighted by atomic mass is 35.5. The van der Waals surface area contributed by atoms with Crippen molar-refractivity contribution in [2.24, 2.45) is 7.05 Å². The average Bonchev–Trinajstić information content (AvgIpc) is 3.21. The van der Waals surface area contributed by atoms with Gasteiger partial charge in [-0.15, -0.1) is 5.10 Å². The highest BCUT2D eigenvalue weighted by Gasteiger charge is 2.28. The summed E-state index contributed by atoms with van der Waals surface area (Å²) in [6, 6.07) is 8.42. The molecule has 3 heterocycles. The van der Waals surface area contributed by atoms with Crippen LogP contribution < -0.4 is 5.32 Å². The van der Waals surface area contributed by atoms with Crippen molar-refractivity contribution in [3.05, 3.63) is 76.1 Å². The van der Waals surface area contributed by atoms with E-state index in [9.17, 15) is 28.9 Å². The fourth-order valence-corrected chi connectivity index (χ4v) is 5.19. The van der Waals surface area contributed by atoms with Crippen molar-refractivity contribution in [3.8, 4) is 28.8 Å². The number of aromatic nitrogens is 3. The molecule has 4 aromatic rings. The molecular weight excluding hydrogens is 558 g/mol. The molecule has 4 N–H and O–H groups in total. The number of aliphatic hydroxyl groups is 1. The third-order valence-electron chi connectivity index (χ3n) is 6.87. The summed E-state index contributed by atoms with van der Waals surface area (Å²) in [5.41, 5.74) is 0.802. The van der Waals surface area contributed by atoms with Gasteiger partial charge in [-0.2, -0.15) is 0 Å². The quantitative estimate of drug-likeness (QED) is 0.251. The van der Waals surface area contributed by atoms with Gasteiger partial charge in [-0.3, -0.25) is 4.68 Å². The maximum Gasteiger partial charge on any atom is 0.405 e. The zero-order chi connectivity index (χ0) is 29.3. The summed E-state index contributed by atoms with van der Waals surface area (Å²) >= 11 is 6.36. The first-order valence-electron chi connectivity index (χ1n) is 12.7. The van der Waals surface area contributed by atoms with E-state index < -0.39 is 29.4 Å². The second-order valence-corrected chi connectivity index (χ2v) is 10.2. The van der Waals surface area contributed by atoms with Crippen LogP contribution in [0.2, 0.25) is 5.02 Å². The lowest BCUT2D eigenvalue weighted by Crippen LogP contribution is -2.34. The van der Waals surface area contributed by atoms with E-state index in [1.54, 1.807) is 31.3 Å². The molecule has 1 fully saturated rings. The predicted octanol–water partition coefficient (Wildman–Crippen LogP) is 4.72. The molecule has 1 amide bonds. The van der Waals surface area contributed by atoms with E-state index in [4.69, 9.17) is 16.3 Å². The minimum Gasteiger partial charge on any atom is -0.492 e. The van der Waals surface area contributed by atoms with Crippen LogP contribution in [0.15, 0.2) is 42.5 Å². The maximum absolute atomic E-state index is 14.0. The fraction of sp³-hybridized carbons (Fsp3) is 0.276. The normalized spacial score (nSPS) is 15.2. The number of nitrogens with zero attached hydrogens (tertiary/aromatic N) is 3. The van der Waals surface area contributed by atoms with Crippen LogP contribution in [-0.2, 0) is 18.2 Å². The van der Waals surface area contributed by atoms with Crippen LogP contribution in [-0.4, -0.2) is 55.0 Å². The van der Waals surface area contributed by atoms with E-state index in [-0.39, 0.29) is 39.7 Å². The van der Waals surface area contributed by atoms with Gasteiger partial charge >= 0.3 is 6.09 Å². The Morgan fingerprint density at radius 2 is 1.85 bits per heavy atom. The van der Waals surface area contributed by atoms with E-state index in [1.165, 1.54) is 4.68 Å². The minimum absolute atomic E-state index is 0.146. The Kier molecular flexibility index (Phi) is 7.82. The van der Waals surface area contributed by atoms with Gasteiger partial charge in [-0.05, 0) is 48.2 Å². The van der Waals surface area contributed by atoms with E-state index >= 15 is 0 Å². The third kappa shape index (κ3) is 6.10. The number of ether oxygens (including phenoxy) is 1. The molecular formula is C29H25ClF2N4O5.